The van der Waals surface area contributed by atoms with Gasteiger partial charge in [-0.3, -0.25) is 9.59 Å². The van der Waals surface area contributed by atoms with Gasteiger partial charge in [0.05, 0.1) is 6.61 Å². The van der Waals surface area contributed by atoms with Gasteiger partial charge in [0.2, 0.25) is 0 Å². The van der Waals surface area contributed by atoms with E-state index in [9.17, 15) is 9.59 Å². The average molecular weight is 156 g/mol. The average Bonchev–Trinajstić information content (AvgIpc) is 2.04. The summed E-state index contributed by atoms with van der Waals surface area (Å²) in [7, 11) is 0. The maximum absolute atomic E-state index is 10.9. The van der Waals surface area contributed by atoms with Crippen LogP contribution in [0.5, 0.6) is 0 Å². The number of ether oxygens (including phenoxy) is 1. The van der Waals surface area contributed by atoms with Gasteiger partial charge in [-0.2, -0.15) is 0 Å². The summed E-state index contributed by atoms with van der Waals surface area (Å²) in [5.41, 5.74) is 0. The molecule has 0 spiro atoms. The number of carbonyl (C=O) groups excluding carboxylic acids is 2. The number of hydrogen-bond acceptors (Lipinski definition) is 3. The van der Waals surface area contributed by atoms with E-state index >= 15 is 0 Å². The highest BCUT2D eigenvalue weighted by molar-refractivity contribution is 5.79. The summed E-state index contributed by atoms with van der Waals surface area (Å²) < 4.78 is 4.77. The maximum Gasteiger partial charge on any atom is 0.305 e. The zero-order valence-corrected chi connectivity index (χ0v) is 6.47. The third kappa shape index (κ3) is 3.16. The third-order valence-corrected chi connectivity index (χ3v) is 1.73. The highest BCUT2D eigenvalue weighted by Gasteiger charge is 2.09. The van der Waals surface area contributed by atoms with Crippen molar-refractivity contribution in [1.29, 1.82) is 0 Å². The van der Waals surface area contributed by atoms with Crippen LogP contribution in [0.3, 0.4) is 0 Å². The van der Waals surface area contributed by atoms with Crippen molar-refractivity contribution in [3.8, 4) is 0 Å². The molecule has 1 fully saturated rings. The number of carbonyl (C=O) groups is 2. The number of esters is 1. The van der Waals surface area contributed by atoms with E-state index in [1.807, 2.05) is 0 Å². The molecule has 0 N–H and O–H groups in total. The molecule has 0 saturated carbocycles. The number of cyclic esters (lactones) is 1. The quantitative estimate of drug-likeness (QED) is 0.492. The lowest BCUT2D eigenvalue weighted by molar-refractivity contribution is -0.143. The molecule has 1 aliphatic rings. The van der Waals surface area contributed by atoms with Gasteiger partial charge in [0, 0.05) is 19.3 Å². The number of Topliss-reactive ketones (excluding diaryl/α,β-unsaturated/α-hetero) is 1. The zero-order chi connectivity index (χ0) is 8.10. The molecule has 1 rings (SSSR count). The second-order valence-corrected chi connectivity index (χ2v) is 2.72. The monoisotopic (exact) mass is 156 g/mol. The summed E-state index contributed by atoms with van der Waals surface area (Å²) >= 11 is 0. The van der Waals surface area contributed by atoms with Crippen LogP contribution in [0.2, 0.25) is 0 Å². The predicted molar refractivity (Wildman–Crippen MR) is 39.1 cm³/mol. The largest absolute Gasteiger partial charge is 0.465 e. The first-order valence-corrected chi connectivity index (χ1v) is 3.96. The van der Waals surface area contributed by atoms with Crippen molar-refractivity contribution in [3.63, 3.8) is 0 Å². The normalized spacial score (nSPS) is 21.5. The highest BCUT2D eigenvalue weighted by atomic mass is 16.5. The molecule has 1 aliphatic heterocycles. The van der Waals surface area contributed by atoms with Crippen LogP contribution >= 0.6 is 0 Å². The maximum atomic E-state index is 10.9. The van der Waals surface area contributed by atoms with E-state index in [2.05, 4.69) is 0 Å². The van der Waals surface area contributed by atoms with Crippen molar-refractivity contribution in [2.45, 2.75) is 32.1 Å². The molecule has 3 nitrogen and oxygen atoms in total. The van der Waals surface area contributed by atoms with Crippen molar-refractivity contribution in [1.82, 2.24) is 0 Å². The van der Waals surface area contributed by atoms with Crippen molar-refractivity contribution >= 4 is 11.8 Å². The Hall–Kier alpha value is -0.860. The molecule has 0 aliphatic carbocycles. The van der Waals surface area contributed by atoms with Crippen LogP contribution < -0.4 is 0 Å². The summed E-state index contributed by atoms with van der Waals surface area (Å²) in [5, 5.41) is 0. The van der Waals surface area contributed by atoms with Crippen LogP contribution in [0.1, 0.15) is 32.1 Å². The van der Waals surface area contributed by atoms with Crippen LogP contribution in [-0.4, -0.2) is 18.4 Å². The third-order valence-electron chi connectivity index (χ3n) is 1.73. The van der Waals surface area contributed by atoms with Crippen LogP contribution in [0.15, 0.2) is 0 Å². The van der Waals surface area contributed by atoms with Gasteiger partial charge in [-0.25, -0.2) is 0 Å². The van der Waals surface area contributed by atoms with Crippen molar-refractivity contribution in [2.75, 3.05) is 6.61 Å². The molecular formula is C8H12O3. The molecule has 0 aromatic carbocycles. The smallest absolute Gasteiger partial charge is 0.305 e. The van der Waals surface area contributed by atoms with Gasteiger partial charge < -0.3 is 4.74 Å². The van der Waals surface area contributed by atoms with Gasteiger partial charge in [0.15, 0.2) is 0 Å². The van der Waals surface area contributed by atoms with Crippen molar-refractivity contribution < 1.29 is 14.3 Å². The Kier molecular flexibility index (Phi) is 3.08. The summed E-state index contributed by atoms with van der Waals surface area (Å²) in [4.78, 5) is 21.7. The fraction of sp³-hybridized carbons (Fsp3) is 0.750. The zero-order valence-electron chi connectivity index (χ0n) is 6.47. The molecule has 0 aromatic rings. The van der Waals surface area contributed by atoms with Gasteiger partial charge in [0.25, 0.3) is 0 Å². The summed E-state index contributed by atoms with van der Waals surface area (Å²) in [6.07, 6.45) is 3.08. The Bertz CT molecular complexity index is 145. The number of hydrogen-bond donors (Lipinski definition) is 0. The predicted octanol–water partition coefficient (Wildman–Crippen LogP) is 1.06. The van der Waals surface area contributed by atoms with E-state index in [-0.39, 0.29) is 18.4 Å². The Balaban J connectivity index is 2.35. The molecule has 0 aromatic heterocycles. The van der Waals surface area contributed by atoms with Gasteiger partial charge in [-0.1, -0.05) is 0 Å². The lowest BCUT2D eigenvalue weighted by Gasteiger charge is -1.98. The van der Waals surface area contributed by atoms with E-state index in [0.717, 1.165) is 12.8 Å². The Labute approximate surface area is 65.7 Å². The first-order chi connectivity index (χ1) is 5.29. The van der Waals surface area contributed by atoms with Gasteiger partial charge in [-0.15, -0.1) is 0 Å². The summed E-state index contributed by atoms with van der Waals surface area (Å²) in [6, 6.07) is 0. The molecule has 3 heteroatoms. The van der Waals surface area contributed by atoms with Crippen LogP contribution in [0.25, 0.3) is 0 Å². The Morgan fingerprint density at radius 3 is 2.55 bits per heavy atom. The second-order valence-electron chi connectivity index (χ2n) is 2.72. The van der Waals surface area contributed by atoms with Crippen LogP contribution in [0.4, 0.5) is 0 Å². The molecule has 11 heavy (non-hydrogen) atoms. The summed E-state index contributed by atoms with van der Waals surface area (Å²) in [6.45, 7) is 0.275. The fourth-order valence-electron chi connectivity index (χ4n) is 1.07. The lowest BCUT2D eigenvalue weighted by Crippen LogP contribution is -2.06. The molecule has 0 amide bonds. The van der Waals surface area contributed by atoms with Crippen molar-refractivity contribution in [2.24, 2.45) is 0 Å². The van der Waals surface area contributed by atoms with Crippen LogP contribution in [-0.2, 0) is 14.3 Å². The molecule has 0 bridgehead atoms. The van der Waals surface area contributed by atoms with E-state index < -0.39 is 0 Å². The Morgan fingerprint density at radius 1 is 1.00 bits per heavy atom. The second kappa shape index (κ2) is 4.11. The van der Waals surface area contributed by atoms with Gasteiger partial charge >= 0.3 is 5.97 Å². The Morgan fingerprint density at radius 2 is 1.73 bits per heavy atom. The minimum absolute atomic E-state index is 0.167. The first kappa shape index (κ1) is 8.24. The van der Waals surface area contributed by atoms with E-state index in [1.165, 1.54) is 0 Å². The number of rotatable bonds is 0. The van der Waals surface area contributed by atoms with Crippen LogP contribution in [0, 0.1) is 0 Å². The molecule has 1 saturated heterocycles. The standard InChI is InChI=1S/C8H12O3/c9-7-3-1-2-4-8(10)11-6-5-7/h1-6H2. The van der Waals surface area contributed by atoms with Gasteiger partial charge in [0.1, 0.15) is 5.78 Å². The minimum Gasteiger partial charge on any atom is -0.465 e. The van der Waals surface area contributed by atoms with E-state index in [0.29, 0.717) is 19.3 Å². The highest BCUT2D eigenvalue weighted by Crippen LogP contribution is 2.06. The van der Waals surface area contributed by atoms with Crippen molar-refractivity contribution in [3.05, 3.63) is 0 Å². The van der Waals surface area contributed by atoms with E-state index in [4.69, 9.17) is 4.74 Å². The molecule has 1 heterocycles. The van der Waals surface area contributed by atoms with Gasteiger partial charge in [-0.05, 0) is 12.8 Å². The minimum atomic E-state index is -0.167. The SMILES string of the molecule is O=C1CCCCC(=O)OCC1. The molecule has 0 radical (unpaired) electrons. The fourth-order valence-corrected chi connectivity index (χ4v) is 1.07. The summed E-state index contributed by atoms with van der Waals surface area (Å²) in [5.74, 6) is 0.0411. The topological polar surface area (TPSA) is 43.4 Å². The number of ketones is 1. The molecule has 0 unspecified atom stereocenters. The van der Waals surface area contributed by atoms with E-state index in [1.54, 1.807) is 0 Å². The molecule has 0 atom stereocenters. The lowest BCUT2D eigenvalue weighted by atomic mass is 10.1. The molecule has 62 valence electrons. The molecular weight excluding hydrogens is 144 g/mol. The first-order valence-electron chi connectivity index (χ1n) is 3.96.